The number of hydrogen-bond donors (Lipinski definition) is 0. The van der Waals surface area contributed by atoms with Crippen LogP contribution in [0.1, 0.15) is 30.0 Å². The van der Waals surface area contributed by atoms with Gasteiger partial charge in [-0.05, 0) is 17.5 Å². The SMILES string of the molecule is O=C1CCN2CCc3ccccc3[C@@H]2C1. The molecule has 0 radical (unpaired) electrons. The van der Waals surface area contributed by atoms with Crippen LogP contribution in [-0.2, 0) is 11.2 Å². The van der Waals surface area contributed by atoms with E-state index in [4.69, 9.17) is 0 Å². The fourth-order valence-corrected chi connectivity index (χ4v) is 2.80. The van der Waals surface area contributed by atoms with Crippen molar-refractivity contribution >= 4 is 5.78 Å². The average Bonchev–Trinajstić information content (AvgIpc) is 2.29. The van der Waals surface area contributed by atoms with Crippen LogP contribution >= 0.6 is 0 Å². The third kappa shape index (κ3) is 1.49. The van der Waals surface area contributed by atoms with Crippen LogP contribution < -0.4 is 0 Å². The molecule has 2 nitrogen and oxygen atoms in total. The van der Waals surface area contributed by atoms with Crippen molar-refractivity contribution < 1.29 is 4.79 Å². The van der Waals surface area contributed by atoms with Gasteiger partial charge in [-0.2, -0.15) is 0 Å². The molecule has 0 unspecified atom stereocenters. The van der Waals surface area contributed by atoms with E-state index < -0.39 is 0 Å². The van der Waals surface area contributed by atoms with Gasteiger partial charge in [-0.3, -0.25) is 9.69 Å². The number of rotatable bonds is 0. The van der Waals surface area contributed by atoms with Crippen molar-refractivity contribution in [1.29, 1.82) is 0 Å². The van der Waals surface area contributed by atoms with E-state index in [0.29, 0.717) is 11.8 Å². The number of carbonyl (C=O) groups is 1. The van der Waals surface area contributed by atoms with Crippen LogP contribution in [0.3, 0.4) is 0 Å². The number of Topliss-reactive ketones (excluding diaryl/α,β-unsaturated/α-hetero) is 1. The van der Waals surface area contributed by atoms with Gasteiger partial charge >= 0.3 is 0 Å². The Kier molecular flexibility index (Phi) is 2.10. The molecule has 78 valence electrons. The quantitative estimate of drug-likeness (QED) is 0.639. The Labute approximate surface area is 89.9 Å². The van der Waals surface area contributed by atoms with Gasteiger partial charge in [0, 0.05) is 32.0 Å². The highest BCUT2D eigenvalue weighted by molar-refractivity contribution is 5.80. The lowest BCUT2D eigenvalue weighted by molar-refractivity contribution is -0.123. The van der Waals surface area contributed by atoms with Crippen LogP contribution in [0, 0.1) is 0 Å². The minimum Gasteiger partial charge on any atom is -0.300 e. The van der Waals surface area contributed by atoms with Crippen LogP contribution in [0.15, 0.2) is 24.3 Å². The maximum atomic E-state index is 11.5. The molecule has 0 aliphatic carbocycles. The van der Waals surface area contributed by atoms with Crippen molar-refractivity contribution in [2.45, 2.75) is 25.3 Å². The maximum absolute atomic E-state index is 11.5. The Balaban J connectivity index is 2.00. The van der Waals surface area contributed by atoms with Gasteiger partial charge in [0.15, 0.2) is 0 Å². The van der Waals surface area contributed by atoms with Gasteiger partial charge in [-0.25, -0.2) is 0 Å². The number of fused-ring (bicyclic) bond motifs is 3. The Morgan fingerprint density at radius 1 is 1.13 bits per heavy atom. The molecule has 0 spiro atoms. The molecule has 1 fully saturated rings. The van der Waals surface area contributed by atoms with Gasteiger partial charge in [-0.15, -0.1) is 0 Å². The molecule has 1 aromatic carbocycles. The molecule has 1 aromatic rings. The molecular formula is C13H15NO. The first-order valence-electron chi connectivity index (χ1n) is 5.68. The fourth-order valence-electron chi connectivity index (χ4n) is 2.80. The van der Waals surface area contributed by atoms with E-state index in [-0.39, 0.29) is 0 Å². The summed E-state index contributed by atoms with van der Waals surface area (Å²) in [7, 11) is 0. The molecule has 0 bridgehead atoms. The third-order valence-electron chi connectivity index (χ3n) is 3.62. The smallest absolute Gasteiger partial charge is 0.136 e. The molecular weight excluding hydrogens is 186 g/mol. The summed E-state index contributed by atoms with van der Waals surface area (Å²) in [6.45, 7) is 2.08. The highest BCUT2D eigenvalue weighted by atomic mass is 16.1. The predicted octanol–water partition coefficient (Wildman–Crippen LogP) is 1.95. The normalized spacial score (nSPS) is 25.9. The van der Waals surface area contributed by atoms with Gasteiger partial charge < -0.3 is 0 Å². The van der Waals surface area contributed by atoms with Crippen LogP contribution in [0.25, 0.3) is 0 Å². The monoisotopic (exact) mass is 201 g/mol. The number of ketones is 1. The summed E-state index contributed by atoms with van der Waals surface area (Å²) in [6.07, 6.45) is 2.61. The lowest BCUT2D eigenvalue weighted by Crippen LogP contribution is -2.41. The summed E-state index contributed by atoms with van der Waals surface area (Å²) in [5.41, 5.74) is 2.82. The van der Waals surface area contributed by atoms with E-state index >= 15 is 0 Å². The van der Waals surface area contributed by atoms with Crippen LogP contribution in [0.5, 0.6) is 0 Å². The highest BCUT2D eigenvalue weighted by Gasteiger charge is 2.31. The molecule has 2 heteroatoms. The van der Waals surface area contributed by atoms with Crippen molar-refractivity contribution in [3.05, 3.63) is 35.4 Å². The summed E-state index contributed by atoms with van der Waals surface area (Å²) in [5.74, 6) is 0.424. The zero-order valence-corrected chi connectivity index (χ0v) is 8.78. The van der Waals surface area contributed by atoms with Gasteiger partial charge in [0.25, 0.3) is 0 Å². The number of piperidine rings is 1. The summed E-state index contributed by atoms with van der Waals surface area (Å²) >= 11 is 0. The minimum atomic E-state index is 0.371. The number of benzene rings is 1. The highest BCUT2D eigenvalue weighted by Crippen LogP contribution is 2.34. The predicted molar refractivity (Wildman–Crippen MR) is 58.7 cm³/mol. The lowest BCUT2D eigenvalue weighted by Gasteiger charge is -2.39. The molecule has 15 heavy (non-hydrogen) atoms. The van der Waals surface area contributed by atoms with E-state index in [1.165, 1.54) is 11.1 Å². The standard InChI is InChI=1S/C13H15NO/c15-11-6-8-14-7-5-10-3-1-2-4-12(10)13(14)9-11/h1-4,13H,5-9H2/t13-/m0/s1. The molecule has 1 atom stereocenters. The van der Waals surface area contributed by atoms with Crippen molar-refractivity contribution in [3.63, 3.8) is 0 Å². The van der Waals surface area contributed by atoms with Gasteiger partial charge in [0.05, 0.1) is 0 Å². The molecule has 2 aliphatic heterocycles. The summed E-state index contributed by atoms with van der Waals surface area (Å²) in [6, 6.07) is 8.94. The first-order valence-corrected chi connectivity index (χ1v) is 5.68. The number of hydrogen-bond acceptors (Lipinski definition) is 2. The molecule has 0 saturated carbocycles. The van der Waals surface area contributed by atoms with Crippen molar-refractivity contribution in [2.75, 3.05) is 13.1 Å². The second-order valence-corrected chi connectivity index (χ2v) is 4.49. The minimum absolute atomic E-state index is 0.371. The Morgan fingerprint density at radius 3 is 2.87 bits per heavy atom. The summed E-state index contributed by atoms with van der Waals surface area (Å²) < 4.78 is 0. The molecule has 3 rings (SSSR count). The second-order valence-electron chi connectivity index (χ2n) is 4.49. The molecule has 0 N–H and O–H groups in total. The average molecular weight is 201 g/mol. The third-order valence-corrected chi connectivity index (χ3v) is 3.62. The van der Waals surface area contributed by atoms with Crippen molar-refractivity contribution in [2.24, 2.45) is 0 Å². The number of nitrogens with zero attached hydrogens (tertiary/aromatic N) is 1. The second kappa shape index (κ2) is 3.46. The molecule has 2 heterocycles. The van der Waals surface area contributed by atoms with Crippen LogP contribution in [0.2, 0.25) is 0 Å². The molecule has 0 aromatic heterocycles. The lowest BCUT2D eigenvalue weighted by atomic mass is 9.86. The Hall–Kier alpha value is -1.15. The first kappa shape index (κ1) is 9.10. The van der Waals surface area contributed by atoms with E-state index in [1.807, 2.05) is 0 Å². The summed E-state index contributed by atoms with van der Waals surface area (Å²) in [5, 5.41) is 0. The van der Waals surface area contributed by atoms with Crippen molar-refractivity contribution in [3.8, 4) is 0 Å². The molecule has 2 aliphatic rings. The Bertz CT molecular complexity index is 399. The topological polar surface area (TPSA) is 20.3 Å². The number of carbonyl (C=O) groups excluding carboxylic acids is 1. The van der Waals surface area contributed by atoms with Gasteiger partial charge in [0.2, 0.25) is 0 Å². The summed E-state index contributed by atoms with van der Waals surface area (Å²) in [4.78, 5) is 14.0. The first-order chi connectivity index (χ1) is 7.34. The van der Waals surface area contributed by atoms with Crippen molar-refractivity contribution in [1.82, 2.24) is 4.90 Å². The zero-order valence-electron chi connectivity index (χ0n) is 8.78. The largest absolute Gasteiger partial charge is 0.300 e. The van der Waals surface area contributed by atoms with Gasteiger partial charge in [-0.1, -0.05) is 24.3 Å². The zero-order chi connectivity index (χ0) is 10.3. The van der Waals surface area contributed by atoms with Gasteiger partial charge in [0.1, 0.15) is 5.78 Å². The van der Waals surface area contributed by atoms with E-state index in [1.54, 1.807) is 0 Å². The maximum Gasteiger partial charge on any atom is 0.136 e. The Morgan fingerprint density at radius 2 is 1.93 bits per heavy atom. The van der Waals surface area contributed by atoms with E-state index in [9.17, 15) is 4.79 Å². The van der Waals surface area contributed by atoms with E-state index in [2.05, 4.69) is 29.2 Å². The fraction of sp³-hybridized carbons (Fsp3) is 0.462. The van der Waals surface area contributed by atoms with Crippen LogP contribution in [-0.4, -0.2) is 23.8 Å². The molecule has 0 amide bonds. The van der Waals surface area contributed by atoms with Crippen LogP contribution in [0.4, 0.5) is 0 Å². The van der Waals surface area contributed by atoms with E-state index in [0.717, 1.165) is 32.4 Å². The molecule has 1 saturated heterocycles.